The van der Waals surface area contributed by atoms with Gasteiger partial charge >= 0.3 is 5.97 Å². The number of hydrogen-bond acceptors (Lipinski definition) is 5. The van der Waals surface area contributed by atoms with Gasteiger partial charge in [0.05, 0.1) is 0 Å². The van der Waals surface area contributed by atoms with E-state index in [1.54, 1.807) is 6.20 Å². The van der Waals surface area contributed by atoms with Crippen molar-refractivity contribution in [3.8, 4) is 0 Å². The number of nitrogens with one attached hydrogen (secondary N) is 1. The molecule has 2 heterocycles. The number of hydrogen-bond donors (Lipinski definition) is 2. The molecule has 1 aliphatic heterocycles. The third kappa shape index (κ3) is 5.03. The first kappa shape index (κ1) is 15.2. The Bertz CT molecular complexity index is 472. The van der Waals surface area contributed by atoms with Crippen molar-refractivity contribution in [1.82, 2.24) is 10.3 Å². The van der Waals surface area contributed by atoms with Crippen LogP contribution in [0.5, 0.6) is 0 Å². The molecule has 2 N–H and O–H groups in total. The summed E-state index contributed by atoms with van der Waals surface area (Å²) in [5, 5.41) is 11.3. The van der Waals surface area contributed by atoms with Crippen LogP contribution in [0.15, 0.2) is 24.4 Å². The second-order valence-electron chi connectivity index (χ2n) is 4.90. The zero-order chi connectivity index (χ0) is 15.1. The highest BCUT2D eigenvalue weighted by Gasteiger charge is 2.21. The Morgan fingerprint density at radius 3 is 2.71 bits per heavy atom. The van der Waals surface area contributed by atoms with Crippen LogP contribution in [0.1, 0.15) is 12.8 Å². The van der Waals surface area contributed by atoms with Gasteiger partial charge < -0.3 is 20.1 Å². The summed E-state index contributed by atoms with van der Waals surface area (Å²) in [6.45, 7) is 0.994. The van der Waals surface area contributed by atoms with Crippen LogP contribution in [0.2, 0.25) is 0 Å². The maximum absolute atomic E-state index is 11.6. The summed E-state index contributed by atoms with van der Waals surface area (Å²) in [7, 11) is 0. The summed E-state index contributed by atoms with van der Waals surface area (Å²) in [5.74, 6) is -0.397. The van der Waals surface area contributed by atoms with Crippen molar-refractivity contribution in [1.29, 1.82) is 0 Å². The third-order valence-corrected chi connectivity index (χ3v) is 3.29. The fraction of sp³-hybridized carbons (Fsp3) is 0.500. The predicted molar refractivity (Wildman–Crippen MR) is 76.1 cm³/mol. The molecule has 114 valence electrons. The van der Waals surface area contributed by atoms with E-state index in [9.17, 15) is 9.59 Å². The van der Waals surface area contributed by atoms with Crippen LogP contribution < -0.4 is 10.2 Å². The standard InChI is InChI=1S/C14H19N3O4/c18-13(9-21-10-14(19)20)16-11-4-7-17(8-5-11)12-3-1-2-6-15-12/h1-3,6,11H,4-5,7-10H2,(H,16,18)(H,19,20). The molecule has 1 amide bonds. The molecule has 1 saturated heterocycles. The molecule has 0 aliphatic carbocycles. The number of carboxylic acids is 1. The van der Waals surface area contributed by atoms with Crippen LogP contribution in [0.3, 0.4) is 0 Å². The SMILES string of the molecule is O=C(O)COCC(=O)NC1CCN(c2ccccn2)CC1. The molecule has 0 saturated carbocycles. The molecule has 1 aromatic rings. The van der Waals surface area contributed by atoms with Gasteiger partial charge in [-0.1, -0.05) is 6.07 Å². The fourth-order valence-electron chi connectivity index (χ4n) is 2.29. The number of pyridine rings is 1. The van der Waals surface area contributed by atoms with Crippen molar-refractivity contribution < 1.29 is 19.4 Å². The zero-order valence-electron chi connectivity index (χ0n) is 11.7. The summed E-state index contributed by atoms with van der Waals surface area (Å²) in [5.41, 5.74) is 0. The molecular formula is C14H19N3O4. The normalized spacial score (nSPS) is 15.7. The number of ether oxygens (including phenoxy) is 1. The second-order valence-corrected chi connectivity index (χ2v) is 4.90. The smallest absolute Gasteiger partial charge is 0.329 e. The molecule has 0 aromatic carbocycles. The van der Waals surface area contributed by atoms with Crippen molar-refractivity contribution in [2.75, 3.05) is 31.2 Å². The van der Waals surface area contributed by atoms with Gasteiger partial charge in [-0.3, -0.25) is 4.79 Å². The number of carbonyl (C=O) groups excluding carboxylic acids is 1. The van der Waals surface area contributed by atoms with Gasteiger partial charge in [0, 0.05) is 25.3 Å². The minimum Gasteiger partial charge on any atom is -0.480 e. The minimum absolute atomic E-state index is 0.103. The molecule has 0 atom stereocenters. The summed E-state index contributed by atoms with van der Waals surface area (Å²) in [6, 6.07) is 5.91. The molecule has 1 aliphatic rings. The molecule has 7 nitrogen and oxygen atoms in total. The van der Waals surface area contributed by atoms with E-state index in [0.717, 1.165) is 31.7 Å². The number of nitrogens with zero attached hydrogens (tertiary/aromatic N) is 2. The largest absolute Gasteiger partial charge is 0.480 e. The number of aromatic nitrogens is 1. The lowest BCUT2D eigenvalue weighted by Crippen LogP contribution is -2.46. The molecular weight excluding hydrogens is 274 g/mol. The number of piperidine rings is 1. The minimum atomic E-state index is -1.08. The van der Waals surface area contributed by atoms with Gasteiger partial charge in [-0.05, 0) is 25.0 Å². The lowest BCUT2D eigenvalue weighted by atomic mass is 10.1. The van der Waals surface area contributed by atoms with Crippen molar-refractivity contribution in [3.05, 3.63) is 24.4 Å². The van der Waals surface area contributed by atoms with Crippen LogP contribution in [-0.4, -0.2) is 54.3 Å². The van der Waals surface area contributed by atoms with Crippen molar-refractivity contribution in [3.63, 3.8) is 0 Å². The van der Waals surface area contributed by atoms with Gasteiger partial charge in [-0.25, -0.2) is 9.78 Å². The average molecular weight is 293 g/mol. The summed E-state index contributed by atoms with van der Waals surface area (Å²) >= 11 is 0. The Hall–Kier alpha value is -2.15. The number of carbonyl (C=O) groups is 2. The van der Waals surface area contributed by atoms with Gasteiger partial charge in [0.15, 0.2) is 0 Å². The zero-order valence-corrected chi connectivity index (χ0v) is 11.7. The lowest BCUT2D eigenvalue weighted by Gasteiger charge is -2.33. The number of rotatable bonds is 6. The van der Waals surface area contributed by atoms with Crippen molar-refractivity contribution in [2.24, 2.45) is 0 Å². The van der Waals surface area contributed by atoms with E-state index < -0.39 is 12.6 Å². The molecule has 0 spiro atoms. The van der Waals surface area contributed by atoms with Crippen molar-refractivity contribution in [2.45, 2.75) is 18.9 Å². The van der Waals surface area contributed by atoms with Gasteiger partial charge in [0.1, 0.15) is 19.0 Å². The first-order chi connectivity index (χ1) is 10.1. The highest BCUT2D eigenvalue weighted by Crippen LogP contribution is 2.17. The number of carboxylic acid groups (broad SMARTS) is 1. The van der Waals surface area contributed by atoms with Crippen LogP contribution in [0.4, 0.5) is 5.82 Å². The van der Waals surface area contributed by atoms with Gasteiger partial charge in [0.25, 0.3) is 0 Å². The molecule has 0 bridgehead atoms. The average Bonchev–Trinajstić information content (AvgIpc) is 2.48. The van der Waals surface area contributed by atoms with Crippen LogP contribution in [0.25, 0.3) is 0 Å². The topological polar surface area (TPSA) is 91.8 Å². The van der Waals surface area contributed by atoms with Gasteiger partial charge in [-0.2, -0.15) is 0 Å². The first-order valence-corrected chi connectivity index (χ1v) is 6.90. The van der Waals surface area contributed by atoms with Crippen LogP contribution in [0, 0.1) is 0 Å². The van der Waals surface area contributed by atoms with E-state index in [1.165, 1.54) is 0 Å². The lowest BCUT2D eigenvalue weighted by molar-refractivity contribution is -0.143. The summed E-state index contributed by atoms with van der Waals surface area (Å²) in [4.78, 5) is 28.4. The number of amides is 1. The van der Waals surface area contributed by atoms with Gasteiger partial charge in [-0.15, -0.1) is 0 Å². The molecule has 7 heteroatoms. The first-order valence-electron chi connectivity index (χ1n) is 6.90. The fourth-order valence-corrected chi connectivity index (χ4v) is 2.29. The predicted octanol–water partition coefficient (Wildman–Crippen LogP) is 0.268. The third-order valence-electron chi connectivity index (χ3n) is 3.29. The van der Waals surface area contributed by atoms with Crippen molar-refractivity contribution >= 4 is 17.7 Å². The Labute approximate surface area is 122 Å². The summed E-state index contributed by atoms with van der Waals surface area (Å²) < 4.78 is 4.76. The van der Waals surface area contributed by atoms with E-state index in [0.29, 0.717) is 0 Å². The highest BCUT2D eigenvalue weighted by atomic mass is 16.5. The highest BCUT2D eigenvalue weighted by molar-refractivity contribution is 5.78. The maximum atomic E-state index is 11.6. The van der Waals surface area contributed by atoms with E-state index in [2.05, 4.69) is 15.2 Å². The second kappa shape index (κ2) is 7.58. The number of aliphatic carboxylic acids is 1. The monoisotopic (exact) mass is 293 g/mol. The molecule has 0 unspecified atom stereocenters. The Morgan fingerprint density at radius 2 is 2.10 bits per heavy atom. The Balaban J connectivity index is 1.69. The van der Waals surface area contributed by atoms with Crippen LogP contribution >= 0.6 is 0 Å². The molecule has 21 heavy (non-hydrogen) atoms. The van der Waals surface area contributed by atoms with Gasteiger partial charge in [0.2, 0.25) is 5.91 Å². The van der Waals surface area contributed by atoms with E-state index in [4.69, 9.17) is 9.84 Å². The molecule has 1 aromatic heterocycles. The summed E-state index contributed by atoms with van der Waals surface area (Å²) in [6.07, 6.45) is 3.44. The van der Waals surface area contributed by atoms with E-state index >= 15 is 0 Å². The molecule has 2 rings (SSSR count). The quantitative estimate of drug-likeness (QED) is 0.782. The maximum Gasteiger partial charge on any atom is 0.329 e. The molecule has 1 fully saturated rings. The Kier molecular flexibility index (Phi) is 5.51. The molecule has 0 radical (unpaired) electrons. The van der Waals surface area contributed by atoms with Crippen LogP contribution in [-0.2, 0) is 14.3 Å². The van der Waals surface area contributed by atoms with E-state index in [-0.39, 0.29) is 18.6 Å². The Morgan fingerprint density at radius 1 is 1.33 bits per heavy atom. The van der Waals surface area contributed by atoms with E-state index in [1.807, 2.05) is 18.2 Å². The number of anilines is 1.